The van der Waals surface area contributed by atoms with Crippen LogP contribution in [0.25, 0.3) is 10.2 Å². The number of ether oxygens (including phenoxy) is 1. The summed E-state index contributed by atoms with van der Waals surface area (Å²) in [5.74, 6) is -0.353. The highest BCUT2D eigenvalue weighted by Crippen LogP contribution is 2.27. The summed E-state index contributed by atoms with van der Waals surface area (Å²) in [4.78, 5) is 17.6. The molecule has 0 fully saturated rings. The van der Waals surface area contributed by atoms with E-state index in [9.17, 15) is 4.79 Å². The van der Waals surface area contributed by atoms with Crippen LogP contribution in [0.5, 0.6) is 0 Å². The molecule has 1 heterocycles. The molecule has 2 aromatic rings. The molecule has 0 bridgehead atoms. The molecule has 5 nitrogen and oxygen atoms in total. The highest BCUT2D eigenvalue weighted by Gasteiger charge is 2.10. The second-order valence-corrected chi connectivity index (χ2v) is 5.44. The van der Waals surface area contributed by atoms with E-state index in [0.29, 0.717) is 15.8 Å². The van der Waals surface area contributed by atoms with Gasteiger partial charge in [-0.1, -0.05) is 11.3 Å². The average molecular weight is 295 g/mol. The van der Waals surface area contributed by atoms with Crippen molar-refractivity contribution in [1.82, 2.24) is 9.88 Å². The quantitative estimate of drug-likeness (QED) is 0.678. The molecular weight excluding hydrogens is 282 g/mol. The van der Waals surface area contributed by atoms with Crippen molar-refractivity contribution in [1.29, 1.82) is 0 Å². The molecule has 2 rings (SSSR count). The predicted octanol–water partition coefficient (Wildman–Crippen LogP) is 2.34. The predicted molar refractivity (Wildman–Crippen MR) is 80.9 cm³/mol. The Morgan fingerprint density at radius 2 is 2.21 bits per heavy atom. The molecule has 100 valence electrons. The summed E-state index contributed by atoms with van der Waals surface area (Å²) < 4.78 is 5.60. The zero-order valence-electron chi connectivity index (χ0n) is 10.8. The number of anilines is 1. The third-order valence-electron chi connectivity index (χ3n) is 2.43. The van der Waals surface area contributed by atoms with E-state index in [0.717, 1.165) is 10.2 Å². The van der Waals surface area contributed by atoms with Crippen molar-refractivity contribution in [3.05, 3.63) is 23.8 Å². The number of rotatable bonds is 2. The van der Waals surface area contributed by atoms with Gasteiger partial charge in [0, 0.05) is 14.1 Å². The lowest BCUT2D eigenvalue weighted by Gasteiger charge is -2.12. The van der Waals surface area contributed by atoms with Gasteiger partial charge in [0.1, 0.15) is 0 Å². The maximum absolute atomic E-state index is 11.4. The first-order chi connectivity index (χ1) is 9.01. The maximum Gasteiger partial charge on any atom is 0.337 e. The van der Waals surface area contributed by atoms with Gasteiger partial charge in [-0.2, -0.15) is 0 Å². The van der Waals surface area contributed by atoms with Crippen LogP contribution >= 0.6 is 23.6 Å². The zero-order valence-corrected chi connectivity index (χ0v) is 12.4. The van der Waals surface area contributed by atoms with E-state index in [-0.39, 0.29) is 5.97 Å². The number of thiocarbonyl (C=S) groups is 1. The highest BCUT2D eigenvalue weighted by molar-refractivity contribution is 7.80. The SMILES string of the molecule is COC(=O)c1ccc2nc(NC(=S)N(C)C)sc2c1. The number of carbonyl (C=O) groups is 1. The number of thiazole rings is 1. The van der Waals surface area contributed by atoms with Crippen LogP contribution in [0.4, 0.5) is 5.13 Å². The first-order valence-electron chi connectivity index (χ1n) is 5.48. The number of hydrogen-bond donors (Lipinski definition) is 1. The van der Waals surface area contributed by atoms with Gasteiger partial charge in [-0.25, -0.2) is 9.78 Å². The normalized spacial score (nSPS) is 10.3. The number of aromatic nitrogens is 1. The molecule has 7 heteroatoms. The van der Waals surface area contributed by atoms with Gasteiger partial charge in [0.05, 0.1) is 22.9 Å². The van der Waals surface area contributed by atoms with Gasteiger partial charge in [-0.15, -0.1) is 0 Å². The summed E-state index contributed by atoms with van der Waals surface area (Å²) in [5.41, 5.74) is 1.34. The lowest BCUT2D eigenvalue weighted by Crippen LogP contribution is -2.26. The summed E-state index contributed by atoms with van der Waals surface area (Å²) in [5, 5.41) is 4.34. The Morgan fingerprint density at radius 3 is 2.84 bits per heavy atom. The first-order valence-corrected chi connectivity index (χ1v) is 6.71. The van der Waals surface area contributed by atoms with E-state index in [1.54, 1.807) is 23.1 Å². The number of benzene rings is 1. The number of nitrogens with one attached hydrogen (secondary N) is 1. The van der Waals surface area contributed by atoms with Gasteiger partial charge in [0.2, 0.25) is 0 Å². The van der Waals surface area contributed by atoms with Crippen LogP contribution in [0.1, 0.15) is 10.4 Å². The fourth-order valence-electron chi connectivity index (χ4n) is 1.43. The summed E-state index contributed by atoms with van der Waals surface area (Å²) in [6, 6.07) is 5.26. The van der Waals surface area contributed by atoms with Crippen LogP contribution in [0, 0.1) is 0 Å². The van der Waals surface area contributed by atoms with Crippen LogP contribution in [0.15, 0.2) is 18.2 Å². The molecule has 0 amide bonds. The Balaban J connectivity index is 2.30. The molecule has 0 spiro atoms. The summed E-state index contributed by atoms with van der Waals surface area (Å²) in [6.07, 6.45) is 0. The van der Waals surface area contributed by atoms with E-state index in [4.69, 9.17) is 17.0 Å². The van der Waals surface area contributed by atoms with Gasteiger partial charge in [0.25, 0.3) is 0 Å². The molecule has 0 unspecified atom stereocenters. The van der Waals surface area contributed by atoms with E-state index >= 15 is 0 Å². The minimum absolute atomic E-state index is 0.353. The van der Waals surface area contributed by atoms with Crippen molar-refractivity contribution >= 4 is 50.0 Å². The third-order valence-corrected chi connectivity index (χ3v) is 3.83. The standard InChI is InChI=1S/C12H13N3O2S2/c1-15(2)12(18)14-11-13-8-5-4-7(10(16)17-3)6-9(8)19-11/h4-6H,1-3H3,(H,13,14,18). The van der Waals surface area contributed by atoms with E-state index in [2.05, 4.69) is 10.3 Å². The summed E-state index contributed by atoms with van der Waals surface area (Å²) >= 11 is 6.60. The molecule has 0 radical (unpaired) electrons. The molecule has 0 atom stereocenters. The van der Waals surface area contributed by atoms with Crippen molar-refractivity contribution in [3.63, 3.8) is 0 Å². The Bertz CT molecular complexity index is 637. The molecule has 0 aliphatic heterocycles. The van der Waals surface area contributed by atoms with Crippen molar-refractivity contribution in [2.75, 3.05) is 26.5 Å². The summed E-state index contributed by atoms with van der Waals surface area (Å²) in [7, 11) is 5.08. The van der Waals surface area contributed by atoms with Gasteiger partial charge in [-0.3, -0.25) is 0 Å². The number of hydrogen-bond acceptors (Lipinski definition) is 5. The van der Waals surface area contributed by atoms with Crippen LogP contribution in [-0.4, -0.2) is 42.2 Å². The molecule has 0 saturated carbocycles. The van der Waals surface area contributed by atoms with E-state index < -0.39 is 0 Å². The molecule has 1 N–H and O–H groups in total. The fourth-order valence-corrected chi connectivity index (χ4v) is 2.49. The van der Waals surface area contributed by atoms with Crippen molar-refractivity contribution < 1.29 is 9.53 Å². The van der Waals surface area contributed by atoms with Gasteiger partial charge >= 0.3 is 5.97 Å². The lowest BCUT2D eigenvalue weighted by atomic mass is 10.2. The first kappa shape index (κ1) is 13.7. The monoisotopic (exact) mass is 295 g/mol. The Morgan fingerprint density at radius 1 is 1.47 bits per heavy atom. The lowest BCUT2D eigenvalue weighted by molar-refractivity contribution is 0.0601. The number of fused-ring (bicyclic) bond motifs is 1. The second kappa shape index (κ2) is 5.50. The van der Waals surface area contributed by atoms with Crippen LogP contribution in [0.2, 0.25) is 0 Å². The van der Waals surface area contributed by atoms with Gasteiger partial charge in [0.15, 0.2) is 10.2 Å². The molecule has 0 aliphatic rings. The molecule has 0 aliphatic carbocycles. The minimum Gasteiger partial charge on any atom is -0.465 e. The van der Waals surface area contributed by atoms with E-state index in [1.165, 1.54) is 18.4 Å². The van der Waals surface area contributed by atoms with Crippen LogP contribution in [0.3, 0.4) is 0 Å². The molecular formula is C12H13N3O2S2. The number of esters is 1. The number of carbonyl (C=O) groups excluding carboxylic acids is 1. The van der Waals surface area contributed by atoms with Crippen LogP contribution in [-0.2, 0) is 4.74 Å². The second-order valence-electron chi connectivity index (χ2n) is 4.02. The highest BCUT2D eigenvalue weighted by atomic mass is 32.1. The Hall–Kier alpha value is -1.73. The topological polar surface area (TPSA) is 54.5 Å². The zero-order chi connectivity index (χ0) is 14.0. The average Bonchev–Trinajstić information content (AvgIpc) is 2.78. The van der Waals surface area contributed by atoms with Crippen molar-refractivity contribution in [2.24, 2.45) is 0 Å². The van der Waals surface area contributed by atoms with Crippen molar-refractivity contribution in [2.45, 2.75) is 0 Å². The molecule has 19 heavy (non-hydrogen) atoms. The molecule has 1 aromatic carbocycles. The smallest absolute Gasteiger partial charge is 0.337 e. The molecule has 0 saturated heterocycles. The fraction of sp³-hybridized carbons (Fsp3) is 0.250. The van der Waals surface area contributed by atoms with Gasteiger partial charge < -0.3 is 15.0 Å². The maximum atomic E-state index is 11.4. The van der Waals surface area contributed by atoms with E-state index in [1.807, 2.05) is 14.1 Å². The largest absolute Gasteiger partial charge is 0.465 e. The number of nitrogens with zero attached hydrogens (tertiary/aromatic N) is 2. The minimum atomic E-state index is -0.353. The third kappa shape index (κ3) is 2.99. The van der Waals surface area contributed by atoms with Crippen LogP contribution < -0.4 is 5.32 Å². The summed E-state index contributed by atoms with van der Waals surface area (Å²) in [6.45, 7) is 0. The van der Waals surface area contributed by atoms with Crippen molar-refractivity contribution in [3.8, 4) is 0 Å². The van der Waals surface area contributed by atoms with Gasteiger partial charge in [-0.05, 0) is 30.4 Å². The number of methoxy groups -OCH3 is 1. The molecule has 1 aromatic heterocycles. The Labute approximate surface area is 120 Å². The Kier molecular flexibility index (Phi) is 3.96.